The first-order chi connectivity index (χ1) is 7.54. The zero-order valence-electron chi connectivity index (χ0n) is 9.59. The largest absolute Gasteiger partial charge is 0.352 e. The molecule has 1 atom stereocenters. The monoisotopic (exact) mass is 284 g/mol. The number of carbonyl (C=O) groups is 1. The lowest BCUT2D eigenvalue weighted by Crippen LogP contribution is -2.31. The topological polar surface area (TPSA) is 55.1 Å². The second-order valence-corrected chi connectivity index (χ2v) is 4.93. The van der Waals surface area contributed by atoms with Crippen LogP contribution in [0.1, 0.15) is 22.8 Å². The molecule has 88 valence electrons. The molecule has 0 fully saturated rings. The number of carbonyl (C=O) groups excluding carboxylic acids is 1. The maximum atomic E-state index is 11.8. The van der Waals surface area contributed by atoms with Crippen molar-refractivity contribution < 1.29 is 4.79 Å². The molecule has 0 saturated heterocycles. The van der Waals surface area contributed by atoms with Crippen molar-refractivity contribution in [2.45, 2.75) is 13.8 Å². The van der Waals surface area contributed by atoms with E-state index < -0.39 is 0 Å². The van der Waals surface area contributed by atoms with Gasteiger partial charge in [0, 0.05) is 16.6 Å². The van der Waals surface area contributed by atoms with Crippen molar-refractivity contribution in [2.75, 3.05) is 13.1 Å². The Kier molecular flexibility index (Phi) is 4.96. The summed E-state index contributed by atoms with van der Waals surface area (Å²) in [6.07, 6.45) is 0. The van der Waals surface area contributed by atoms with E-state index in [2.05, 4.69) is 21.2 Å². The zero-order chi connectivity index (χ0) is 12.1. The molecule has 16 heavy (non-hydrogen) atoms. The highest BCUT2D eigenvalue weighted by atomic mass is 79.9. The van der Waals surface area contributed by atoms with Gasteiger partial charge in [0.15, 0.2) is 0 Å². The van der Waals surface area contributed by atoms with Crippen LogP contribution in [0.2, 0.25) is 0 Å². The smallest absolute Gasteiger partial charge is 0.251 e. The molecule has 0 aliphatic heterocycles. The fourth-order valence-electron chi connectivity index (χ4n) is 1.33. The molecule has 4 heteroatoms. The maximum Gasteiger partial charge on any atom is 0.251 e. The van der Waals surface area contributed by atoms with E-state index in [-0.39, 0.29) is 5.91 Å². The zero-order valence-corrected chi connectivity index (χ0v) is 11.2. The Labute approximate surface area is 105 Å². The van der Waals surface area contributed by atoms with Crippen molar-refractivity contribution in [3.05, 3.63) is 33.8 Å². The molecule has 1 rings (SSSR count). The molecule has 0 saturated carbocycles. The maximum absolute atomic E-state index is 11.8. The minimum absolute atomic E-state index is 0.0368. The van der Waals surface area contributed by atoms with Crippen LogP contribution in [-0.2, 0) is 0 Å². The van der Waals surface area contributed by atoms with Gasteiger partial charge in [-0.15, -0.1) is 0 Å². The van der Waals surface area contributed by atoms with E-state index in [4.69, 9.17) is 5.73 Å². The standard InChI is InChI=1S/C12H17BrN2O/c1-8(6-14)7-15-12(16)11-4-3-10(13)5-9(11)2/h3-5,8H,6-7,14H2,1-2H3,(H,15,16). The summed E-state index contributed by atoms with van der Waals surface area (Å²) >= 11 is 3.37. The van der Waals surface area contributed by atoms with Crippen molar-refractivity contribution in [2.24, 2.45) is 11.7 Å². The molecule has 1 unspecified atom stereocenters. The predicted molar refractivity (Wildman–Crippen MR) is 69.4 cm³/mol. The third-order valence-corrected chi connectivity index (χ3v) is 2.94. The number of aryl methyl sites for hydroxylation is 1. The Hall–Kier alpha value is -0.870. The normalized spacial score (nSPS) is 12.2. The van der Waals surface area contributed by atoms with Gasteiger partial charge in [-0.05, 0) is 43.1 Å². The van der Waals surface area contributed by atoms with Crippen LogP contribution < -0.4 is 11.1 Å². The summed E-state index contributed by atoms with van der Waals surface area (Å²) in [7, 11) is 0. The Morgan fingerprint density at radius 1 is 1.56 bits per heavy atom. The van der Waals surface area contributed by atoms with Crippen LogP contribution in [0.5, 0.6) is 0 Å². The van der Waals surface area contributed by atoms with Gasteiger partial charge in [0.25, 0.3) is 5.91 Å². The van der Waals surface area contributed by atoms with Gasteiger partial charge in [0.1, 0.15) is 0 Å². The highest BCUT2D eigenvalue weighted by Crippen LogP contribution is 2.15. The van der Waals surface area contributed by atoms with Gasteiger partial charge in [-0.2, -0.15) is 0 Å². The van der Waals surface area contributed by atoms with Crippen LogP contribution >= 0.6 is 15.9 Å². The fourth-order valence-corrected chi connectivity index (χ4v) is 1.80. The van der Waals surface area contributed by atoms with Gasteiger partial charge in [-0.3, -0.25) is 4.79 Å². The van der Waals surface area contributed by atoms with Gasteiger partial charge >= 0.3 is 0 Å². The van der Waals surface area contributed by atoms with Crippen LogP contribution in [0.4, 0.5) is 0 Å². The number of rotatable bonds is 4. The number of nitrogens with two attached hydrogens (primary N) is 1. The summed E-state index contributed by atoms with van der Waals surface area (Å²) in [6, 6.07) is 5.62. The number of amides is 1. The van der Waals surface area contributed by atoms with Gasteiger partial charge in [-0.1, -0.05) is 22.9 Å². The third kappa shape index (κ3) is 3.61. The van der Waals surface area contributed by atoms with Gasteiger partial charge < -0.3 is 11.1 Å². The number of hydrogen-bond acceptors (Lipinski definition) is 2. The van der Waals surface area contributed by atoms with Crippen molar-refractivity contribution in [1.82, 2.24) is 5.32 Å². The summed E-state index contributed by atoms with van der Waals surface area (Å²) in [6.45, 7) is 5.13. The van der Waals surface area contributed by atoms with E-state index in [9.17, 15) is 4.79 Å². The van der Waals surface area contributed by atoms with Crippen LogP contribution in [-0.4, -0.2) is 19.0 Å². The molecular formula is C12H17BrN2O. The van der Waals surface area contributed by atoms with E-state index >= 15 is 0 Å². The van der Waals surface area contributed by atoms with E-state index in [1.54, 1.807) is 0 Å². The third-order valence-electron chi connectivity index (χ3n) is 2.45. The van der Waals surface area contributed by atoms with Gasteiger partial charge in [0.2, 0.25) is 0 Å². The SMILES string of the molecule is Cc1cc(Br)ccc1C(=O)NCC(C)CN. The Bertz CT molecular complexity index is 379. The molecule has 0 aliphatic carbocycles. The number of benzene rings is 1. The predicted octanol–water partition coefficient (Wildman–Crippen LogP) is 2.08. The molecular weight excluding hydrogens is 268 g/mol. The first-order valence-electron chi connectivity index (χ1n) is 5.29. The number of hydrogen-bond donors (Lipinski definition) is 2. The molecule has 1 amide bonds. The first-order valence-corrected chi connectivity index (χ1v) is 6.08. The average molecular weight is 285 g/mol. The minimum Gasteiger partial charge on any atom is -0.352 e. The van der Waals surface area contributed by atoms with Crippen LogP contribution in [0, 0.1) is 12.8 Å². The van der Waals surface area contributed by atoms with Gasteiger partial charge in [-0.25, -0.2) is 0 Å². The molecule has 1 aromatic carbocycles. The second kappa shape index (κ2) is 6.01. The van der Waals surface area contributed by atoms with Crippen molar-refractivity contribution in [1.29, 1.82) is 0 Å². The van der Waals surface area contributed by atoms with E-state index in [0.717, 1.165) is 10.0 Å². The summed E-state index contributed by atoms with van der Waals surface area (Å²) in [5.41, 5.74) is 7.17. The van der Waals surface area contributed by atoms with E-state index in [0.29, 0.717) is 24.6 Å². The molecule has 0 radical (unpaired) electrons. The van der Waals surface area contributed by atoms with Crippen LogP contribution in [0.3, 0.4) is 0 Å². The Morgan fingerprint density at radius 3 is 2.81 bits per heavy atom. The fraction of sp³-hybridized carbons (Fsp3) is 0.417. The Morgan fingerprint density at radius 2 is 2.25 bits per heavy atom. The summed E-state index contributed by atoms with van der Waals surface area (Å²) in [4.78, 5) is 11.8. The summed E-state index contributed by atoms with van der Waals surface area (Å²) in [5, 5.41) is 2.88. The quantitative estimate of drug-likeness (QED) is 0.890. The Balaban J connectivity index is 2.66. The molecule has 0 aromatic heterocycles. The van der Waals surface area contributed by atoms with E-state index in [1.165, 1.54) is 0 Å². The van der Waals surface area contributed by atoms with Gasteiger partial charge in [0.05, 0.1) is 0 Å². The van der Waals surface area contributed by atoms with Crippen LogP contribution in [0.15, 0.2) is 22.7 Å². The minimum atomic E-state index is -0.0368. The van der Waals surface area contributed by atoms with Crippen molar-refractivity contribution in [3.8, 4) is 0 Å². The molecule has 1 aromatic rings. The van der Waals surface area contributed by atoms with Crippen LogP contribution in [0.25, 0.3) is 0 Å². The molecule has 0 bridgehead atoms. The molecule has 0 spiro atoms. The average Bonchev–Trinajstić information content (AvgIpc) is 2.25. The molecule has 3 N–H and O–H groups in total. The van der Waals surface area contributed by atoms with Crippen molar-refractivity contribution in [3.63, 3.8) is 0 Å². The first kappa shape index (κ1) is 13.2. The molecule has 0 aliphatic rings. The number of nitrogens with one attached hydrogen (secondary N) is 1. The molecule has 3 nitrogen and oxygen atoms in total. The lowest BCUT2D eigenvalue weighted by molar-refractivity contribution is 0.0948. The highest BCUT2D eigenvalue weighted by molar-refractivity contribution is 9.10. The van der Waals surface area contributed by atoms with Crippen molar-refractivity contribution >= 4 is 21.8 Å². The highest BCUT2D eigenvalue weighted by Gasteiger charge is 2.09. The second-order valence-electron chi connectivity index (χ2n) is 4.01. The lowest BCUT2D eigenvalue weighted by Gasteiger charge is -2.11. The number of halogens is 1. The lowest BCUT2D eigenvalue weighted by atomic mass is 10.1. The summed E-state index contributed by atoms with van der Waals surface area (Å²) in [5.74, 6) is 0.269. The van der Waals surface area contributed by atoms with E-state index in [1.807, 2.05) is 32.0 Å². The molecule has 0 heterocycles. The summed E-state index contributed by atoms with van der Waals surface area (Å²) < 4.78 is 0.983.